The molecule has 0 radical (unpaired) electrons. The summed E-state index contributed by atoms with van der Waals surface area (Å²) in [5.74, 6) is 1.38. The molecule has 50 heavy (non-hydrogen) atoms. The van der Waals surface area contributed by atoms with Gasteiger partial charge in [0.2, 0.25) is 0 Å². The highest BCUT2D eigenvalue weighted by Gasteiger charge is 2.25. The summed E-state index contributed by atoms with van der Waals surface area (Å²) in [4.78, 5) is 10.4. The Hall–Kier alpha value is -6.23. The highest BCUT2D eigenvalue weighted by molar-refractivity contribution is 6.35. The Kier molecular flexibility index (Phi) is 7.57. The Balaban J connectivity index is 1.23. The summed E-state index contributed by atoms with van der Waals surface area (Å²) in [6, 6.07) is 58.2. The Labute approximate surface area is 295 Å². The number of furan rings is 1. The summed E-state index contributed by atoms with van der Waals surface area (Å²) in [6.45, 7) is 0. The molecule has 0 saturated heterocycles. The summed E-state index contributed by atoms with van der Waals surface area (Å²) in [6.07, 6.45) is -0.411. The molecule has 1 N–H and O–H groups in total. The topological polar surface area (TPSA) is 49.9 Å². The molecule has 0 amide bonds. The first kappa shape index (κ1) is 29.9. The van der Waals surface area contributed by atoms with Crippen LogP contribution in [-0.2, 0) is 0 Å². The lowest BCUT2D eigenvalue weighted by Gasteiger charge is -2.25. The fourth-order valence-corrected chi connectivity index (χ4v) is 7.02. The van der Waals surface area contributed by atoms with Gasteiger partial charge >= 0.3 is 0 Å². The largest absolute Gasteiger partial charge is 0.456 e. The first-order valence-corrected chi connectivity index (χ1v) is 17.0. The maximum atomic E-state index is 6.83. The molecule has 0 aliphatic carbocycles. The van der Waals surface area contributed by atoms with Crippen molar-refractivity contribution in [3.8, 4) is 33.4 Å². The molecule has 0 bridgehead atoms. The molecular weight excluding hydrogens is 634 g/mol. The lowest BCUT2D eigenvalue weighted by atomic mass is 9.94. The molecule has 0 fully saturated rings. The van der Waals surface area contributed by atoms with Gasteiger partial charge in [-0.05, 0) is 63.7 Å². The second-order valence-electron chi connectivity index (χ2n) is 12.4. The molecule has 7 aromatic carbocycles. The number of hydrogen-bond acceptors (Lipinski definition) is 4. The van der Waals surface area contributed by atoms with Crippen LogP contribution in [0.25, 0.3) is 55.3 Å². The highest BCUT2D eigenvalue weighted by atomic mass is 35.5. The van der Waals surface area contributed by atoms with E-state index in [0.29, 0.717) is 10.9 Å². The van der Waals surface area contributed by atoms with Crippen molar-refractivity contribution >= 4 is 45.2 Å². The summed E-state index contributed by atoms with van der Waals surface area (Å²) < 4.78 is 6.41. The van der Waals surface area contributed by atoms with E-state index in [2.05, 4.69) is 108 Å². The number of nitrogens with one attached hydrogen (secondary N) is 1. The molecule has 5 heteroatoms. The van der Waals surface area contributed by atoms with E-state index in [0.717, 1.165) is 77.8 Å². The van der Waals surface area contributed by atoms with E-state index >= 15 is 0 Å². The van der Waals surface area contributed by atoms with Gasteiger partial charge in [-0.15, -0.1) is 0 Å². The van der Waals surface area contributed by atoms with Gasteiger partial charge < -0.3 is 9.73 Å². The Morgan fingerprint density at radius 1 is 0.500 bits per heavy atom. The SMILES string of the molecule is Clc1cc2oc3cccc(C4=NC(c5ccccc5)=NC(c5cc(-c6ccccc6)cc(-c6ccccc6)c5)N4)c3c2cc1-c1ccccc1. The first-order valence-electron chi connectivity index (χ1n) is 16.6. The minimum absolute atomic E-state index is 0.411. The molecule has 0 saturated carbocycles. The standard InChI is InChI=1S/C45H30ClN3O/c46-39-28-41-38(27-37(39)31-18-9-3-10-19-31)42-36(22-13-23-40(42)50-41)45-48-43(32-20-11-4-12-21-32)47-44(49-45)35-25-33(29-14-5-1-6-15-29)24-34(26-35)30-16-7-2-8-17-30/h1-28,44H,(H,47,48,49). The van der Waals surface area contributed by atoms with Gasteiger partial charge in [-0.1, -0.05) is 145 Å². The Morgan fingerprint density at radius 3 is 1.70 bits per heavy atom. The predicted molar refractivity (Wildman–Crippen MR) is 207 cm³/mol. The van der Waals surface area contributed by atoms with Gasteiger partial charge in [0, 0.05) is 33.5 Å². The number of hydrogen-bond donors (Lipinski definition) is 1. The van der Waals surface area contributed by atoms with Gasteiger partial charge in [-0.3, -0.25) is 0 Å². The van der Waals surface area contributed by atoms with Crippen LogP contribution in [0, 0.1) is 0 Å². The molecule has 238 valence electrons. The number of aliphatic imine (C=N–C) groups is 2. The predicted octanol–water partition coefficient (Wildman–Crippen LogP) is 11.7. The van der Waals surface area contributed by atoms with Gasteiger partial charge in [-0.25, -0.2) is 9.98 Å². The van der Waals surface area contributed by atoms with Crippen molar-refractivity contribution in [2.75, 3.05) is 0 Å². The van der Waals surface area contributed by atoms with Gasteiger partial charge in [0.15, 0.2) is 5.84 Å². The molecule has 1 aromatic heterocycles. The highest BCUT2D eigenvalue weighted by Crippen LogP contribution is 2.39. The molecule has 0 spiro atoms. The molecule has 2 heterocycles. The first-order chi connectivity index (χ1) is 24.7. The van der Waals surface area contributed by atoms with Gasteiger partial charge in [-0.2, -0.15) is 0 Å². The molecule has 1 unspecified atom stereocenters. The Morgan fingerprint density at radius 2 is 1.08 bits per heavy atom. The molecule has 1 aliphatic heterocycles. The van der Waals surface area contributed by atoms with Crippen molar-refractivity contribution < 1.29 is 4.42 Å². The smallest absolute Gasteiger partial charge is 0.159 e. The van der Waals surface area contributed by atoms with Crippen molar-refractivity contribution in [2.24, 2.45) is 9.98 Å². The Bertz CT molecular complexity index is 2500. The third-order valence-corrected chi connectivity index (χ3v) is 9.50. The number of fused-ring (bicyclic) bond motifs is 3. The number of nitrogens with zero attached hydrogens (tertiary/aromatic N) is 2. The quantitative estimate of drug-likeness (QED) is 0.192. The minimum Gasteiger partial charge on any atom is -0.456 e. The number of amidine groups is 2. The average Bonchev–Trinajstić information content (AvgIpc) is 3.56. The molecule has 4 nitrogen and oxygen atoms in total. The lowest BCUT2D eigenvalue weighted by Crippen LogP contribution is -2.33. The second-order valence-corrected chi connectivity index (χ2v) is 12.8. The molecule has 1 atom stereocenters. The zero-order valence-electron chi connectivity index (χ0n) is 26.9. The number of benzene rings is 7. The van der Waals surface area contributed by atoms with E-state index in [1.165, 1.54) is 0 Å². The van der Waals surface area contributed by atoms with Crippen LogP contribution in [0.4, 0.5) is 0 Å². The molecule has 9 rings (SSSR count). The summed E-state index contributed by atoms with van der Waals surface area (Å²) in [7, 11) is 0. The number of halogens is 1. The van der Waals surface area contributed by atoms with Crippen LogP contribution in [0.2, 0.25) is 5.02 Å². The van der Waals surface area contributed by atoms with E-state index in [-0.39, 0.29) is 0 Å². The second kappa shape index (κ2) is 12.7. The van der Waals surface area contributed by atoms with Crippen molar-refractivity contribution in [1.29, 1.82) is 0 Å². The van der Waals surface area contributed by atoms with Crippen molar-refractivity contribution in [2.45, 2.75) is 6.17 Å². The third-order valence-electron chi connectivity index (χ3n) is 9.18. The fraction of sp³-hybridized carbons (Fsp3) is 0.0222. The molecule has 8 aromatic rings. The molecular formula is C45H30ClN3O. The number of rotatable bonds is 6. The van der Waals surface area contributed by atoms with E-state index in [1.54, 1.807) is 0 Å². The zero-order chi connectivity index (χ0) is 33.4. The van der Waals surface area contributed by atoms with Crippen molar-refractivity contribution in [1.82, 2.24) is 5.32 Å². The molecule has 1 aliphatic rings. The van der Waals surface area contributed by atoms with Crippen LogP contribution in [0.5, 0.6) is 0 Å². The van der Waals surface area contributed by atoms with Crippen LogP contribution in [0.1, 0.15) is 22.9 Å². The third kappa shape index (κ3) is 5.56. The maximum Gasteiger partial charge on any atom is 0.159 e. The fourth-order valence-electron chi connectivity index (χ4n) is 6.76. The van der Waals surface area contributed by atoms with Crippen molar-refractivity contribution in [3.63, 3.8) is 0 Å². The normalized spacial score (nSPS) is 14.3. The summed E-state index contributed by atoms with van der Waals surface area (Å²) >= 11 is 6.83. The van der Waals surface area contributed by atoms with E-state index < -0.39 is 6.17 Å². The van der Waals surface area contributed by atoms with E-state index in [4.69, 9.17) is 26.0 Å². The van der Waals surface area contributed by atoms with Crippen LogP contribution < -0.4 is 5.32 Å². The monoisotopic (exact) mass is 663 g/mol. The maximum absolute atomic E-state index is 6.83. The van der Waals surface area contributed by atoms with E-state index in [9.17, 15) is 0 Å². The lowest BCUT2D eigenvalue weighted by molar-refractivity contribution is 0.668. The summed E-state index contributed by atoms with van der Waals surface area (Å²) in [5.41, 5.74) is 10.9. The van der Waals surface area contributed by atoms with Crippen LogP contribution in [-0.4, -0.2) is 11.7 Å². The van der Waals surface area contributed by atoms with Crippen LogP contribution in [0.3, 0.4) is 0 Å². The van der Waals surface area contributed by atoms with Gasteiger partial charge in [0.25, 0.3) is 0 Å². The summed E-state index contributed by atoms with van der Waals surface area (Å²) in [5, 5.41) is 6.33. The van der Waals surface area contributed by atoms with Gasteiger partial charge in [0.05, 0.1) is 5.02 Å². The minimum atomic E-state index is -0.411. The van der Waals surface area contributed by atoms with E-state index in [1.807, 2.05) is 66.7 Å². The van der Waals surface area contributed by atoms with Gasteiger partial charge in [0.1, 0.15) is 23.2 Å². The van der Waals surface area contributed by atoms with Crippen LogP contribution >= 0.6 is 11.6 Å². The van der Waals surface area contributed by atoms with Crippen LogP contribution in [0.15, 0.2) is 184 Å². The average molecular weight is 664 g/mol. The zero-order valence-corrected chi connectivity index (χ0v) is 27.7. The van der Waals surface area contributed by atoms with Crippen molar-refractivity contribution in [3.05, 3.63) is 192 Å².